The monoisotopic (exact) mass is 339 g/mol. The molecule has 2 aromatic carbocycles. The lowest BCUT2D eigenvalue weighted by Crippen LogP contribution is -2.05. The van der Waals surface area contributed by atoms with Crippen LogP contribution in [0, 0.1) is 0 Å². The number of anilines is 1. The van der Waals surface area contributed by atoms with Gasteiger partial charge in [-0.3, -0.25) is 9.59 Å². The average Bonchev–Trinajstić information content (AvgIpc) is 2.59. The number of phenols is 1. The Kier molecular flexibility index (Phi) is 7.20. The van der Waals surface area contributed by atoms with Crippen LogP contribution in [0.15, 0.2) is 48.5 Å². The molecule has 0 aliphatic carbocycles. The molecule has 0 aromatic heterocycles. The number of nitrogen functional groups attached to an aromatic ring is 1. The molecule has 2 aromatic rings. The molecule has 25 heavy (non-hydrogen) atoms. The second kappa shape index (κ2) is 9.62. The lowest BCUT2D eigenvalue weighted by Gasteiger charge is -2.05. The molecule has 0 radical (unpaired) electrons. The quantitative estimate of drug-likeness (QED) is 0.509. The Bertz CT molecular complexity index is 707. The summed E-state index contributed by atoms with van der Waals surface area (Å²) in [6.45, 7) is 0. The maximum Gasteiger partial charge on any atom is 0.137 e. The second-order valence-electron chi connectivity index (χ2n) is 6.36. The normalized spacial score (nSPS) is 10.6. The van der Waals surface area contributed by atoms with Gasteiger partial charge in [-0.2, -0.15) is 0 Å². The highest BCUT2D eigenvalue weighted by Crippen LogP contribution is 2.14. The number of aromatic hydroxyl groups is 1. The lowest BCUT2D eigenvalue weighted by molar-refractivity contribution is -0.118. The summed E-state index contributed by atoms with van der Waals surface area (Å²) in [5.41, 5.74) is 8.31. The van der Waals surface area contributed by atoms with Gasteiger partial charge in [-0.05, 0) is 42.2 Å². The molecule has 2 rings (SSSR count). The Hall–Kier alpha value is -2.62. The summed E-state index contributed by atoms with van der Waals surface area (Å²) >= 11 is 0. The third-order valence-corrected chi connectivity index (χ3v) is 4.19. The van der Waals surface area contributed by atoms with E-state index in [4.69, 9.17) is 5.73 Å². The molecule has 0 fully saturated rings. The van der Waals surface area contributed by atoms with Crippen molar-refractivity contribution in [2.75, 3.05) is 5.73 Å². The van der Waals surface area contributed by atoms with Crippen LogP contribution in [0.2, 0.25) is 0 Å². The first-order valence-corrected chi connectivity index (χ1v) is 8.69. The summed E-state index contributed by atoms with van der Waals surface area (Å²) in [7, 11) is 0. The highest BCUT2D eigenvalue weighted by molar-refractivity contribution is 5.82. The predicted octanol–water partition coefficient (Wildman–Crippen LogP) is 3.85. The van der Waals surface area contributed by atoms with Gasteiger partial charge in [0.15, 0.2) is 0 Å². The Morgan fingerprint density at radius 1 is 0.800 bits per heavy atom. The average molecular weight is 339 g/mol. The van der Waals surface area contributed by atoms with Crippen LogP contribution in [0.3, 0.4) is 0 Å². The van der Waals surface area contributed by atoms with Crippen molar-refractivity contribution in [3.05, 3.63) is 59.7 Å². The van der Waals surface area contributed by atoms with Crippen molar-refractivity contribution in [3.63, 3.8) is 0 Å². The standard InChI is InChI=1S/C21H25NO3/c22-21-9-5-4-6-17(21)15-20(25)8-3-1-2-7-19(24)14-16-10-12-18(23)13-11-16/h4-6,9-13,23H,1-3,7-8,14-15,22H2. The summed E-state index contributed by atoms with van der Waals surface area (Å²) in [6.07, 6.45) is 4.31. The van der Waals surface area contributed by atoms with Gasteiger partial charge in [0.1, 0.15) is 17.3 Å². The number of benzene rings is 2. The Labute approximate surface area is 148 Å². The van der Waals surface area contributed by atoms with Crippen LogP contribution in [0.25, 0.3) is 0 Å². The van der Waals surface area contributed by atoms with Crippen molar-refractivity contribution < 1.29 is 14.7 Å². The zero-order valence-electron chi connectivity index (χ0n) is 14.4. The van der Waals surface area contributed by atoms with Crippen molar-refractivity contribution in [3.8, 4) is 5.75 Å². The molecular formula is C21H25NO3. The molecule has 0 amide bonds. The Morgan fingerprint density at radius 2 is 1.40 bits per heavy atom. The number of phenolic OH excluding ortho intramolecular Hbond substituents is 1. The van der Waals surface area contributed by atoms with Gasteiger partial charge >= 0.3 is 0 Å². The number of para-hydroxylation sites is 1. The van der Waals surface area contributed by atoms with Crippen LogP contribution >= 0.6 is 0 Å². The molecule has 0 saturated carbocycles. The number of carbonyl (C=O) groups excluding carboxylic acids is 2. The number of carbonyl (C=O) groups is 2. The maximum absolute atomic E-state index is 12.0. The van der Waals surface area contributed by atoms with Crippen molar-refractivity contribution >= 4 is 17.3 Å². The molecule has 0 aliphatic rings. The van der Waals surface area contributed by atoms with Crippen LogP contribution in [0.5, 0.6) is 5.75 Å². The molecular weight excluding hydrogens is 314 g/mol. The topological polar surface area (TPSA) is 80.4 Å². The Balaban J connectivity index is 1.59. The molecule has 4 nitrogen and oxygen atoms in total. The first-order chi connectivity index (χ1) is 12.0. The predicted molar refractivity (Wildman–Crippen MR) is 99.5 cm³/mol. The highest BCUT2D eigenvalue weighted by Gasteiger charge is 2.07. The van der Waals surface area contributed by atoms with Crippen LogP contribution < -0.4 is 5.73 Å². The summed E-state index contributed by atoms with van der Waals surface area (Å²) in [5, 5.41) is 9.22. The molecule has 4 heteroatoms. The van der Waals surface area contributed by atoms with Crippen molar-refractivity contribution in [2.45, 2.75) is 44.9 Å². The minimum atomic E-state index is 0.188. The van der Waals surface area contributed by atoms with Crippen LogP contribution in [0.4, 0.5) is 5.69 Å². The molecule has 0 bridgehead atoms. The zero-order chi connectivity index (χ0) is 18.1. The van der Waals surface area contributed by atoms with Crippen LogP contribution in [-0.4, -0.2) is 16.7 Å². The SMILES string of the molecule is Nc1ccccc1CC(=O)CCCCCC(=O)Cc1ccc(O)cc1. The van der Waals surface area contributed by atoms with E-state index in [9.17, 15) is 14.7 Å². The first-order valence-electron chi connectivity index (χ1n) is 8.69. The molecule has 0 heterocycles. The smallest absolute Gasteiger partial charge is 0.137 e. The van der Waals surface area contributed by atoms with E-state index in [0.717, 1.165) is 30.4 Å². The fourth-order valence-corrected chi connectivity index (χ4v) is 2.75. The number of rotatable bonds is 10. The van der Waals surface area contributed by atoms with Gasteiger partial charge in [-0.1, -0.05) is 36.8 Å². The molecule has 0 unspecified atom stereocenters. The minimum Gasteiger partial charge on any atom is -0.508 e. The lowest BCUT2D eigenvalue weighted by atomic mass is 10.0. The maximum atomic E-state index is 12.0. The van der Waals surface area contributed by atoms with Gasteiger partial charge in [-0.15, -0.1) is 0 Å². The summed E-state index contributed by atoms with van der Waals surface area (Å²) in [5.74, 6) is 0.584. The summed E-state index contributed by atoms with van der Waals surface area (Å²) < 4.78 is 0. The van der Waals surface area contributed by atoms with E-state index in [-0.39, 0.29) is 17.3 Å². The largest absolute Gasteiger partial charge is 0.508 e. The van der Waals surface area contributed by atoms with Gasteiger partial charge in [0.25, 0.3) is 0 Å². The number of Topliss-reactive ketones (excluding diaryl/α,β-unsaturated/α-hetero) is 2. The van der Waals surface area contributed by atoms with E-state index in [1.54, 1.807) is 24.3 Å². The molecule has 0 saturated heterocycles. The molecule has 0 aliphatic heterocycles. The second-order valence-corrected chi connectivity index (χ2v) is 6.36. The van der Waals surface area contributed by atoms with E-state index in [1.807, 2.05) is 24.3 Å². The molecule has 132 valence electrons. The number of hydrogen-bond acceptors (Lipinski definition) is 4. The van der Waals surface area contributed by atoms with E-state index in [1.165, 1.54) is 0 Å². The fourth-order valence-electron chi connectivity index (χ4n) is 2.75. The van der Waals surface area contributed by atoms with E-state index >= 15 is 0 Å². The molecule has 0 atom stereocenters. The van der Waals surface area contributed by atoms with Crippen LogP contribution in [0.1, 0.15) is 43.2 Å². The molecule has 3 N–H and O–H groups in total. The van der Waals surface area contributed by atoms with Gasteiger partial charge in [0.2, 0.25) is 0 Å². The third kappa shape index (κ3) is 6.79. The van der Waals surface area contributed by atoms with E-state index < -0.39 is 0 Å². The summed E-state index contributed by atoms with van der Waals surface area (Å²) in [4.78, 5) is 23.9. The van der Waals surface area contributed by atoms with Crippen molar-refractivity contribution in [1.29, 1.82) is 0 Å². The van der Waals surface area contributed by atoms with Gasteiger partial charge in [0.05, 0.1) is 0 Å². The van der Waals surface area contributed by atoms with E-state index in [0.29, 0.717) is 31.4 Å². The fraction of sp³-hybridized carbons (Fsp3) is 0.333. The first kappa shape index (κ1) is 18.7. The van der Waals surface area contributed by atoms with Crippen molar-refractivity contribution in [1.82, 2.24) is 0 Å². The Morgan fingerprint density at radius 3 is 2.04 bits per heavy atom. The minimum absolute atomic E-state index is 0.188. The van der Waals surface area contributed by atoms with Gasteiger partial charge in [-0.25, -0.2) is 0 Å². The van der Waals surface area contributed by atoms with Gasteiger partial charge in [0, 0.05) is 31.4 Å². The molecule has 0 spiro atoms. The zero-order valence-corrected chi connectivity index (χ0v) is 14.4. The van der Waals surface area contributed by atoms with E-state index in [2.05, 4.69) is 0 Å². The number of ketones is 2. The van der Waals surface area contributed by atoms with Crippen LogP contribution in [-0.2, 0) is 22.4 Å². The summed E-state index contributed by atoms with van der Waals surface area (Å²) in [6, 6.07) is 14.2. The number of unbranched alkanes of at least 4 members (excludes halogenated alkanes) is 2. The van der Waals surface area contributed by atoms with Crippen molar-refractivity contribution in [2.24, 2.45) is 0 Å². The van der Waals surface area contributed by atoms with Gasteiger partial charge < -0.3 is 10.8 Å². The third-order valence-electron chi connectivity index (χ3n) is 4.19. The highest BCUT2D eigenvalue weighted by atomic mass is 16.3. The number of hydrogen-bond donors (Lipinski definition) is 2. The number of nitrogens with two attached hydrogens (primary N) is 1.